The molecule has 1 N–H and O–H groups in total. The number of aromatic nitrogens is 2. The zero-order valence-electron chi connectivity index (χ0n) is 12.0. The summed E-state index contributed by atoms with van der Waals surface area (Å²) in [5.74, 6) is 0.204. The SMILES string of the molecule is O=C1NC(C(=O)N2CCCC(n3ccc(C(F)(F)F)n3)C2)CS1. The molecule has 0 aliphatic carbocycles. The lowest BCUT2D eigenvalue weighted by Gasteiger charge is -2.34. The van der Waals surface area contributed by atoms with Crippen LogP contribution in [0.5, 0.6) is 0 Å². The molecule has 2 aliphatic heterocycles. The lowest BCUT2D eigenvalue weighted by Crippen LogP contribution is -2.49. The van der Waals surface area contributed by atoms with Crippen molar-refractivity contribution in [3.05, 3.63) is 18.0 Å². The molecule has 1 aromatic rings. The molecule has 10 heteroatoms. The molecule has 0 radical (unpaired) electrons. The first kappa shape index (κ1) is 16.2. The number of hydrogen-bond acceptors (Lipinski definition) is 4. The van der Waals surface area contributed by atoms with E-state index in [4.69, 9.17) is 0 Å². The van der Waals surface area contributed by atoms with E-state index in [-0.39, 0.29) is 17.2 Å². The van der Waals surface area contributed by atoms with Gasteiger partial charge in [0.05, 0.1) is 6.04 Å². The largest absolute Gasteiger partial charge is 0.435 e. The minimum atomic E-state index is -4.47. The maximum Gasteiger partial charge on any atom is 0.435 e. The summed E-state index contributed by atoms with van der Waals surface area (Å²) in [6.07, 6.45) is -1.82. The fourth-order valence-corrected chi connectivity index (χ4v) is 3.57. The highest BCUT2D eigenvalue weighted by molar-refractivity contribution is 8.14. The number of thioether (sulfide) groups is 1. The van der Waals surface area contributed by atoms with Gasteiger partial charge in [-0.05, 0) is 18.9 Å². The van der Waals surface area contributed by atoms with Crippen LogP contribution < -0.4 is 5.32 Å². The van der Waals surface area contributed by atoms with E-state index >= 15 is 0 Å². The third-order valence-electron chi connectivity index (χ3n) is 3.95. The van der Waals surface area contributed by atoms with Crippen LogP contribution >= 0.6 is 11.8 Å². The van der Waals surface area contributed by atoms with Gasteiger partial charge in [-0.25, -0.2) is 0 Å². The minimum Gasteiger partial charge on any atom is -0.339 e. The van der Waals surface area contributed by atoms with Crippen molar-refractivity contribution in [3.63, 3.8) is 0 Å². The van der Waals surface area contributed by atoms with Crippen LogP contribution in [0.15, 0.2) is 12.3 Å². The van der Waals surface area contributed by atoms with Gasteiger partial charge in [0.15, 0.2) is 5.69 Å². The molecule has 0 aromatic carbocycles. The van der Waals surface area contributed by atoms with Gasteiger partial charge in [-0.2, -0.15) is 18.3 Å². The van der Waals surface area contributed by atoms with Gasteiger partial charge in [-0.1, -0.05) is 11.8 Å². The van der Waals surface area contributed by atoms with Crippen LogP contribution in [0.3, 0.4) is 0 Å². The molecule has 3 heterocycles. The number of piperidine rings is 1. The molecule has 1 aromatic heterocycles. The Hall–Kier alpha value is -1.71. The predicted octanol–water partition coefficient (Wildman–Crippen LogP) is 1.89. The van der Waals surface area contributed by atoms with E-state index in [0.717, 1.165) is 17.8 Å². The Morgan fingerprint density at radius 3 is 2.83 bits per heavy atom. The Kier molecular flexibility index (Phi) is 4.26. The fraction of sp³-hybridized carbons (Fsp3) is 0.615. The Bertz CT molecular complexity index is 619. The molecule has 0 saturated carbocycles. The molecule has 2 amide bonds. The van der Waals surface area contributed by atoms with Crippen molar-refractivity contribution >= 4 is 22.9 Å². The predicted molar refractivity (Wildman–Crippen MR) is 76.9 cm³/mol. The summed E-state index contributed by atoms with van der Waals surface area (Å²) in [5.41, 5.74) is -0.930. The number of carbonyl (C=O) groups excluding carboxylic acids is 2. The molecule has 6 nitrogen and oxygen atoms in total. The smallest absolute Gasteiger partial charge is 0.339 e. The lowest BCUT2D eigenvalue weighted by atomic mass is 10.1. The van der Waals surface area contributed by atoms with E-state index in [2.05, 4.69) is 10.4 Å². The number of nitrogens with zero attached hydrogens (tertiary/aromatic N) is 3. The number of halogens is 3. The number of amides is 2. The average Bonchev–Trinajstić information content (AvgIpc) is 3.15. The van der Waals surface area contributed by atoms with Gasteiger partial charge in [0.1, 0.15) is 6.04 Å². The first-order chi connectivity index (χ1) is 10.8. The van der Waals surface area contributed by atoms with Crippen LogP contribution in [0.4, 0.5) is 18.0 Å². The van der Waals surface area contributed by atoms with Gasteiger partial charge in [0, 0.05) is 25.0 Å². The van der Waals surface area contributed by atoms with Crippen molar-refractivity contribution < 1.29 is 22.8 Å². The Labute approximate surface area is 134 Å². The second kappa shape index (κ2) is 6.06. The van der Waals surface area contributed by atoms with Crippen LogP contribution in [-0.2, 0) is 11.0 Å². The van der Waals surface area contributed by atoms with Crippen molar-refractivity contribution in [1.29, 1.82) is 0 Å². The zero-order chi connectivity index (χ0) is 16.6. The van der Waals surface area contributed by atoms with Crippen molar-refractivity contribution in [3.8, 4) is 0 Å². The summed E-state index contributed by atoms with van der Waals surface area (Å²) in [7, 11) is 0. The van der Waals surface area contributed by atoms with Crippen molar-refractivity contribution in [2.45, 2.75) is 31.1 Å². The molecular weight excluding hydrogens is 333 g/mol. The second-order valence-corrected chi connectivity index (χ2v) is 6.55. The molecule has 0 bridgehead atoms. The van der Waals surface area contributed by atoms with Crippen molar-refractivity contribution in [1.82, 2.24) is 20.0 Å². The molecule has 2 atom stereocenters. The molecule has 3 rings (SSSR count). The van der Waals surface area contributed by atoms with Crippen LogP contribution in [0.1, 0.15) is 24.6 Å². The summed E-state index contributed by atoms with van der Waals surface area (Å²) >= 11 is 1.06. The van der Waals surface area contributed by atoms with E-state index < -0.39 is 17.9 Å². The summed E-state index contributed by atoms with van der Waals surface area (Å²) in [6, 6.07) is 0.109. The molecule has 2 saturated heterocycles. The Balaban J connectivity index is 1.67. The Morgan fingerprint density at radius 1 is 1.43 bits per heavy atom. The lowest BCUT2D eigenvalue weighted by molar-refractivity contribution is -0.142. The van der Waals surface area contributed by atoms with Gasteiger partial charge in [0.2, 0.25) is 5.91 Å². The number of rotatable bonds is 2. The number of nitrogens with one attached hydrogen (secondary N) is 1. The van der Waals surface area contributed by atoms with Gasteiger partial charge in [0.25, 0.3) is 5.24 Å². The summed E-state index contributed by atoms with van der Waals surface area (Å²) < 4.78 is 39.2. The topological polar surface area (TPSA) is 67.2 Å². The van der Waals surface area contributed by atoms with E-state index in [9.17, 15) is 22.8 Å². The minimum absolute atomic E-state index is 0.184. The van der Waals surface area contributed by atoms with Crippen LogP contribution in [-0.4, -0.2) is 50.7 Å². The standard InChI is InChI=1S/C13H15F3N4O2S/c14-13(15,16)10-3-5-20(18-10)8-2-1-4-19(6-8)11(21)9-7-23-12(22)17-9/h3,5,8-9H,1-2,4,6-7H2,(H,17,22). The van der Waals surface area contributed by atoms with Gasteiger partial charge in [-0.3, -0.25) is 14.3 Å². The molecular formula is C13H15F3N4O2S. The summed E-state index contributed by atoms with van der Waals surface area (Å²) in [4.78, 5) is 25.2. The third-order valence-corrected chi connectivity index (χ3v) is 4.83. The number of carbonyl (C=O) groups is 2. The summed E-state index contributed by atoms with van der Waals surface area (Å²) in [5, 5.41) is 5.96. The Morgan fingerprint density at radius 2 is 2.22 bits per heavy atom. The maximum atomic E-state index is 12.6. The van der Waals surface area contributed by atoms with Crippen LogP contribution in [0.2, 0.25) is 0 Å². The highest BCUT2D eigenvalue weighted by Gasteiger charge is 2.36. The molecule has 23 heavy (non-hydrogen) atoms. The fourth-order valence-electron chi connectivity index (χ4n) is 2.80. The molecule has 2 fully saturated rings. The molecule has 0 spiro atoms. The molecule has 126 valence electrons. The van der Waals surface area contributed by atoms with Gasteiger partial charge < -0.3 is 10.2 Å². The second-order valence-electron chi connectivity index (χ2n) is 5.55. The quantitative estimate of drug-likeness (QED) is 0.886. The van der Waals surface area contributed by atoms with Crippen LogP contribution in [0, 0.1) is 0 Å². The first-order valence-electron chi connectivity index (χ1n) is 7.19. The van der Waals surface area contributed by atoms with E-state index in [1.165, 1.54) is 10.9 Å². The first-order valence-corrected chi connectivity index (χ1v) is 8.17. The zero-order valence-corrected chi connectivity index (χ0v) is 12.9. The highest BCUT2D eigenvalue weighted by atomic mass is 32.2. The van der Waals surface area contributed by atoms with Gasteiger partial charge >= 0.3 is 6.18 Å². The molecule has 2 unspecified atom stereocenters. The summed E-state index contributed by atoms with van der Waals surface area (Å²) in [6.45, 7) is 0.842. The number of alkyl halides is 3. The van der Waals surface area contributed by atoms with E-state index in [0.29, 0.717) is 31.7 Å². The van der Waals surface area contributed by atoms with E-state index in [1.54, 1.807) is 4.90 Å². The van der Waals surface area contributed by atoms with Crippen molar-refractivity contribution in [2.24, 2.45) is 0 Å². The number of hydrogen-bond donors (Lipinski definition) is 1. The average molecular weight is 348 g/mol. The van der Waals surface area contributed by atoms with Crippen molar-refractivity contribution in [2.75, 3.05) is 18.8 Å². The molecule has 2 aliphatic rings. The monoisotopic (exact) mass is 348 g/mol. The van der Waals surface area contributed by atoms with Crippen LogP contribution in [0.25, 0.3) is 0 Å². The normalized spacial score (nSPS) is 25.5. The number of likely N-dealkylation sites (tertiary alicyclic amines) is 1. The highest BCUT2D eigenvalue weighted by Crippen LogP contribution is 2.29. The third kappa shape index (κ3) is 3.46. The van der Waals surface area contributed by atoms with E-state index in [1.807, 2.05) is 0 Å². The van der Waals surface area contributed by atoms with Gasteiger partial charge in [-0.15, -0.1) is 0 Å². The maximum absolute atomic E-state index is 12.6.